The molecule has 2 aromatic heterocycles. The summed E-state index contributed by atoms with van der Waals surface area (Å²) in [6.45, 7) is 2.49. The first-order chi connectivity index (χ1) is 10.3. The third-order valence-corrected chi connectivity index (χ3v) is 3.40. The fourth-order valence-electron chi connectivity index (χ4n) is 2.38. The summed E-state index contributed by atoms with van der Waals surface area (Å²) in [6.07, 6.45) is 7.46. The molecule has 0 saturated heterocycles. The average Bonchev–Trinajstić information content (AvgIpc) is 3.13. The topological polar surface area (TPSA) is 49.7 Å². The normalized spacial score (nSPS) is 11.1. The molecule has 5 nitrogen and oxygen atoms in total. The Morgan fingerprint density at radius 1 is 1.19 bits per heavy atom. The summed E-state index contributed by atoms with van der Waals surface area (Å²) >= 11 is 0. The maximum atomic E-state index is 4.48. The molecule has 0 amide bonds. The van der Waals surface area contributed by atoms with Crippen molar-refractivity contribution in [2.75, 3.05) is 7.05 Å². The second kappa shape index (κ2) is 6.37. The summed E-state index contributed by atoms with van der Waals surface area (Å²) in [5, 5.41) is 0. The third-order valence-electron chi connectivity index (χ3n) is 3.40. The molecule has 108 valence electrons. The van der Waals surface area contributed by atoms with E-state index in [0.717, 1.165) is 31.2 Å². The standard InChI is InChI=1S/C16H19N5/c1-20(11-15-9-17-13-19-15)12-16-18-7-8-21(16)10-14-5-3-2-4-6-14/h2-9,13H,10-12H2,1H3,(H,17,19). The van der Waals surface area contributed by atoms with Crippen molar-refractivity contribution in [3.63, 3.8) is 0 Å². The number of nitrogens with zero attached hydrogens (tertiary/aromatic N) is 4. The Kier molecular flexibility index (Phi) is 4.12. The minimum absolute atomic E-state index is 0.804. The number of aromatic amines is 1. The molecule has 0 spiro atoms. The molecule has 3 rings (SSSR count). The minimum Gasteiger partial charge on any atom is -0.347 e. The average molecular weight is 281 g/mol. The summed E-state index contributed by atoms with van der Waals surface area (Å²) in [5.74, 6) is 1.07. The van der Waals surface area contributed by atoms with Gasteiger partial charge in [0.05, 0.1) is 12.9 Å². The van der Waals surface area contributed by atoms with Gasteiger partial charge in [0.15, 0.2) is 0 Å². The summed E-state index contributed by atoms with van der Waals surface area (Å²) in [5.41, 5.74) is 2.40. The van der Waals surface area contributed by atoms with Gasteiger partial charge in [0.1, 0.15) is 5.82 Å². The van der Waals surface area contributed by atoms with Crippen molar-refractivity contribution in [2.24, 2.45) is 0 Å². The van der Waals surface area contributed by atoms with Crippen molar-refractivity contribution in [1.82, 2.24) is 24.4 Å². The molecular weight excluding hydrogens is 262 g/mol. The zero-order chi connectivity index (χ0) is 14.5. The van der Waals surface area contributed by atoms with Gasteiger partial charge in [-0.05, 0) is 12.6 Å². The van der Waals surface area contributed by atoms with Crippen LogP contribution >= 0.6 is 0 Å². The lowest BCUT2D eigenvalue weighted by molar-refractivity contribution is 0.303. The molecule has 2 heterocycles. The fourth-order valence-corrected chi connectivity index (χ4v) is 2.38. The number of imidazole rings is 2. The molecule has 0 radical (unpaired) electrons. The van der Waals surface area contributed by atoms with E-state index >= 15 is 0 Å². The SMILES string of the molecule is CN(Cc1cnc[nH]1)Cc1nccn1Cc1ccccc1. The van der Waals surface area contributed by atoms with Crippen molar-refractivity contribution in [3.05, 3.63) is 72.3 Å². The van der Waals surface area contributed by atoms with Crippen LogP contribution in [0.4, 0.5) is 0 Å². The van der Waals surface area contributed by atoms with E-state index in [1.165, 1.54) is 5.56 Å². The van der Waals surface area contributed by atoms with Crippen LogP contribution in [-0.2, 0) is 19.6 Å². The molecule has 1 aromatic carbocycles. The quantitative estimate of drug-likeness (QED) is 0.754. The second-order valence-corrected chi connectivity index (χ2v) is 5.21. The first-order valence-corrected chi connectivity index (χ1v) is 7.01. The van der Waals surface area contributed by atoms with Gasteiger partial charge in [-0.3, -0.25) is 4.90 Å². The molecule has 0 fully saturated rings. The van der Waals surface area contributed by atoms with E-state index in [2.05, 4.69) is 55.7 Å². The number of benzene rings is 1. The Bertz CT molecular complexity index is 657. The van der Waals surface area contributed by atoms with E-state index in [-0.39, 0.29) is 0 Å². The van der Waals surface area contributed by atoms with Gasteiger partial charge in [-0.1, -0.05) is 30.3 Å². The predicted octanol–water partition coefficient (Wildman–Crippen LogP) is 2.29. The molecule has 0 aliphatic carbocycles. The Morgan fingerprint density at radius 2 is 2.05 bits per heavy atom. The van der Waals surface area contributed by atoms with E-state index in [1.54, 1.807) is 6.33 Å². The maximum absolute atomic E-state index is 4.48. The highest BCUT2D eigenvalue weighted by atomic mass is 15.2. The summed E-state index contributed by atoms with van der Waals surface area (Å²) < 4.78 is 2.19. The van der Waals surface area contributed by atoms with Crippen molar-refractivity contribution in [3.8, 4) is 0 Å². The highest BCUT2D eigenvalue weighted by Crippen LogP contribution is 2.08. The molecule has 1 N–H and O–H groups in total. The highest BCUT2D eigenvalue weighted by molar-refractivity contribution is 5.15. The van der Waals surface area contributed by atoms with Crippen LogP contribution < -0.4 is 0 Å². The molecular formula is C16H19N5. The van der Waals surface area contributed by atoms with Gasteiger partial charge in [0.2, 0.25) is 0 Å². The van der Waals surface area contributed by atoms with Crippen LogP contribution in [0.3, 0.4) is 0 Å². The summed E-state index contributed by atoms with van der Waals surface area (Å²) in [6, 6.07) is 10.4. The zero-order valence-corrected chi connectivity index (χ0v) is 12.1. The Morgan fingerprint density at radius 3 is 2.81 bits per heavy atom. The number of rotatable bonds is 6. The molecule has 0 atom stereocenters. The van der Waals surface area contributed by atoms with Gasteiger partial charge in [0, 0.05) is 37.4 Å². The number of hydrogen-bond acceptors (Lipinski definition) is 3. The first-order valence-electron chi connectivity index (χ1n) is 7.01. The Balaban J connectivity index is 1.65. The largest absolute Gasteiger partial charge is 0.347 e. The molecule has 0 unspecified atom stereocenters. The third kappa shape index (κ3) is 3.58. The van der Waals surface area contributed by atoms with E-state index in [1.807, 2.05) is 24.7 Å². The van der Waals surface area contributed by atoms with E-state index < -0.39 is 0 Å². The van der Waals surface area contributed by atoms with E-state index in [0.29, 0.717) is 0 Å². The molecule has 0 saturated carbocycles. The van der Waals surface area contributed by atoms with Gasteiger partial charge >= 0.3 is 0 Å². The van der Waals surface area contributed by atoms with Crippen LogP contribution in [-0.4, -0.2) is 31.5 Å². The van der Waals surface area contributed by atoms with Gasteiger partial charge < -0.3 is 9.55 Å². The minimum atomic E-state index is 0.804. The van der Waals surface area contributed by atoms with Crippen LogP contribution in [0, 0.1) is 0 Å². The van der Waals surface area contributed by atoms with E-state index in [4.69, 9.17) is 0 Å². The maximum Gasteiger partial charge on any atom is 0.123 e. The van der Waals surface area contributed by atoms with Gasteiger partial charge in [-0.2, -0.15) is 0 Å². The van der Waals surface area contributed by atoms with Gasteiger partial charge in [0.25, 0.3) is 0 Å². The van der Waals surface area contributed by atoms with Crippen molar-refractivity contribution in [2.45, 2.75) is 19.6 Å². The predicted molar refractivity (Wildman–Crippen MR) is 81.5 cm³/mol. The molecule has 5 heteroatoms. The van der Waals surface area contributed by atoms with Crippen LogP contribution in [0.1, 0.15) is 17.1 Å². The van der Waals surface area contributed by atoms with Crippen LogP contribution in [0.5, 0.6) is 0 Å². The zero-order valence-electron chi connectivity index (χ0n) is 12.1. The highest BCUT2D eigenvalue weighted by Gasteiger charge is 2.08. The lowest BCUT2D eigenvalue weighted by atomic mass is 10.2. The molecule has 0 aliphatic heterocycles. The first kappa shape index (κ1) is 13.6. The van der Waals surface area contributed by atoms with Gasteiger partial charge in [-0.25, -0.2) is 9.97 Å². The number of aromatic nitrogens is 4. The monoisotopic (exact) mass is 281 g/mol. The second-order valence-electron chi connectivity index (χ2n) is 5.21. The van der Waals surface area contributed by atoms with Crippen molar-refractivity contribution < 1.29 is 0 Å². The van der Waals surface area contributed by atoms with Crippen LogP contribution in [0.15, 0.2) is 55.2 Å². The molecule has 0 bridgehead atoms. The molecule has 3 aromatic rings. The Hall–Kier alpha value is -2.40. The number of hydrogen-bond donors (Lipinski definition) is 1. The van der Waals surface area contributed by atoms with Crippen LogP contribution in [0.25, 0.3) is 0 Å². The molecule has 0 aliphatic rings. The lowest BCUT2D eigenvalue weighted by Gasteiger charge is -2.16. The van der Waals surface area contributed by atoms with Crippen molar-refractivity contribution in [1.29, 1.82) is 0 Å². The smallest absolute Gasteiger partial charge is 0.123 e. The summed E-state index contributed by atoms with van der Waals surface area (Å²) in [7, 11) is 2.09. The van der Waals surface area contributed by atoms with Crippen molar-refractivity contribution >= 4 is 0 Å². The number of nitrogens with one attached hydrogen (secondary N) is 1. The lowest BCUT2D eigenvalue weighted by Crippen LogP contribution is -2.20. The fraction of sp³-hybridized carbons (Fsp3) is 0.250. The summed E-state index contributed by atoms with van der Waals surface area (Å²) in [4.78, 5) is 13.9. The number of H-pyrrole nitrogens is 1. The molecule has 21 heavy (non-hydrogen) atoms. The van der Waals surface area contributed by atoms with Gasteiger partial charge in [-0.15, -0.1) is 0 Å². The Labute approximate surface area is 124 Å². The van der Waals surface area contributed by atoms with E-state index in [9.17, 15) is 0 Å². The van der Waals surface area contributed by atoms with Crippen LogP contribution in [0.2, 0.25) is 0 Å².